The van der Waals surface area contributed by atoms with E-state index in [1.807, 2.05) is 13.8 Å². The quantitative estimate of drug-likeness (QED) is 0.814. The van der Waals surface area contributed by atoms with Crippen LogP contribution in [0.1, 0.15) is 20.8 Å². The molecular weight excluding hydrogens is 255 g/mol. The number of hydrogen-bond acceptors (Lipinski definition) is 3. The third kappa shape index (κ3) is 3.80. The highest BCUT2D eigenvalue weighted by Crippen LogP contribution is 2.17. The number of nitrogen functional groups attached to an aromatic ring is 1. The normalized spacial score (nSPS) is 14.3. The molecule has 0 saturated heterocycles. The molecule has 18 heavy (non-hydrogen) atoms. The second kappa shape index (κ2) is 5.95. The minimum Gasteiger partial charge on any atom is -0.399 e. The van der Waals surface area contributed by atoms with Crippen LogP contribution in [0.15, 0.2) is 23.1 Å². The van der Waals surface area contributed by atoms with Crippen molar-refractivity contribution in [2.75, 3.05) is 5.73 Å². The van der Waals surface area contributed by atoms with Crippen LogP contribution >= 0.6 is 0 Å². The summed E-state index contributed by atoms with van der Waals surface area (Å²) in [7, 11) is -1.63. The van der Waals surface area contributed by atoms with Gasteiger partial charge in [0.05, 0.1) is 10.8 Å². The lowest BCUT2D eigenvalue weighted by Crippen LogP contribution is -2.39. The summed E-state index contributed by atoms with van der Waals surface area (Å²) < 4.78 is 25.2. The fourth-order valence-electron chi connectivity index (χ4n) is 1.40. The molecule has 0 radical (unpaired) electrons. The summed E-state index contributed by atoms with van der Waals surface area (Å²) in [6.07, 6.45) is 0. The van der Waals surface area contributed by atoms with E-state index in [0.717, 1.165) is 12.1 Å². The molecule has 0 aliphatic heterocycles. The lowest BCUT2D eigenvalue weighted by molar-refractivity contribution is -0.120. The molecule has 0 fully saturated rings. The van der Waals surface area contributed by atoms with Crippen LogP contribution in [0.25, 0.3) is 0 Å². The molecule has 0 spiro atoms. The third-order valence-corrected chi connectivity index (χ3v) is 3.80. The molecule has 0 bridgehead atoms. The summed E-state index contributed by atoms with van der Waals surface area (Å²) in [6, 6.07) is 3.65. The van der Waals surface area contributed by atoms with Crippen molar-refractivity contribution in [1.29, 1.82) is 0 Å². The van der Waals surface area contributed by atoms with Crippen LogP contribution in [0.5, 0.6) is 0 Å². The number of amides is 1. The van der Waals surface area contributed by atoms with Crippen molar-refractivity contribution in [2.24, 2.45) is 0 Å². The zero-order valence-corrected chi connectivity index (χ0v) is 11.4. The topological polar surface area (TPSA) is 72.2 Å². The second-order valence-electron chi connectivity index (χ2n) is 4.32. The van der Waals surface area contributed by atoms with E-state index in [1.165, 1.54) is 13.0 Å². The number of hydrogen-bond donors (Lipinski definition) is 2. The number of nitrogens with two attached hydrogens (primary N) is 1. The van der Waals surface area contributed by atoms with Crippen molar-refractivity contribution in [3.63, 3.8) is 0 Å². The van der Waals surface area contributed by atoms with Crippen LogP contribution in [-0.2, 0) is 15.6 Å². The molecule has 0 heterocycles. The largest absolute Gasteiger partial charge is 0.399 e. The average molecular weight is 272 g/mol. The van der Waals surface area contributed by atoms with Crippen molar-refractivity contribution in [2.45, 2.75) is 37.0 Å². The SMILES string of the molecule is CC(C)NC(=O)C(C)S(=O)c1cc(N)cc(F)c1. The molecule has 0 aliphatic rings. The van der Waals surface area contributed by atoms with E-state index in [9.17, 15) is 13.4 Å². The van der Waals surface area contributed by atoms with Crippen LogP contribution in [0.3, 0.4) is 0 Å². The zero-order valence-electron chi connectivity index (χ0n) is 10.6. The Morgan fingerprint density at radius 1 is 1.33 bits per heavy atom. The Labute approximate surface area is 108 Å². The minimum absolute atomic E-state index is 0.0328. The molecule has 4 nitrogen and oxygen atoms in total. The number of anilines is 1. The minimum atomic E-state index is -1.63. The number of carbonyl (C=O) groups excluding carboxylic acids is 1. The van der Waals surface area contributed by atoms with Crippen molar-refractivity contribution in [3.05, 3.63) is 24.0 Å². The first kappa shape index (κ1) is 14.6. The molecular formula is C12H17FN2O2S. The van der Waals surface area contributed by atoms with E-state index in [0.29, 0.717) is 0 Å². The van der Waals surface area contributed by atoms with Crippen molar-refractivity contribution >= 4 is 22.4 Å². The summed E-state index contributed by atoms with van der Waals surface area (Å²) >= 11 is 0. The Bertz CT molecular complexity index is 457. The molecule has 1 aromatic rings. The van der Waals surface area contributed by atoms with Crippen LogP contribution in [0.2, 0.25) is 0 Å². The van der Waals surface area contributed by atoms with E-state index in [4.69, 9.17) is 5.73 Å². The molecule has 2 atom stereocenters. The van der Waals surface area contributed by atoms with Gasteiger partial charge in [0.25, 0.3) is 0 Å². The Kier molecular flexibility index (Phi) is 4.84. The van der Waals surface area contributed by atoms with E-state index in [2.05, 4.69) is 5.32 Å². The van der Waals surface area contributed by atoms with E-state index in [1.54, 1.807) is 0 Å². The lowest BCUT2D eigenvalue weighted by Gasteiger charge is -2.14. The van der Waals surface area contributed by atoms with Gasteiger partial charge in [-0.1, -0.05) is 0 Å². The van der Waals surface area contributed by atoms with Gasteiger partial charge in [0.2, 0.25) is 5.91 Å². The summed E-state index contributed by atoms with van der Waals surface area (Å²) in [4.78, 5) is 11.9. The number of benzene rings is 1. The van der Waals surface area contributed by atoms with Crippen LogP contribution < -0.4 is 11.1 Å². The molecule has 0 aromatic heterocycles. The summed E-state index contributed by atoms with van der Waals surface area (Å²) in [5.41, 5.74) is 5.67. The summed E-state index contributed by atoms with van der Waals surface area (Å²) in [6.45, 7) is 5.16. The number of halogens is 1. The van der Waals surface area contributed by atoms with Crippen LogP contribution in [0, 0.1) is 5.82 Å². The monoisotopic (exact) mass is 272 g/mol. The van der Waals surface area contributed by atoms with Gasteiger partial charge in [0.1, 0.15) is 11.1 Å². The molecule has 6 heteroatoms. The van der Waals surface area contributed by atoms with Gasteiger partial charge < -0.3 is 11.1 Å². The van der Waals surface area contributed by atoms with Crippen molar-refractivity contribution in [1.82, 2.24) is 5.32 Å². The smallest absolute Gasteiger partial charge is 0.236 e. The van der Waals surface area contributed by atoms with Gasteiger partial charge >= 0.3 is 0 Å². The Morgan fingerprint density at radius 2 is 1.94 bits per heavy atom. The predicted octanol–water partition coefficient (Wildman–Crippen LogP) is 1.43. The van der Waals surface area contributed by atoms with Gasteiger partial charge in [0, 0.05) is 16.6 Å². The van der Waals surface area contributed by atoms with Gasteiger partial charge in [-0.3, -0.25) is 9.00 Å². The third-order valence-electron chi connectivity index (χ3n) is 2.25. The summed E-state index contributed by atoms with van der Waals surface area (Å²) in [5.74, 6) is -0.888. The Hall–Kier alpha value is -1.43. The van der Waals surface area contributed by atoms with Gasteiger partial charge in [0.15, 0.2) is 0 Å². The molecule has 2 unspecified atom stereocenters. The molecule has 1 amide bonds. The first-order chi connectivity index (χ1) is 8.31. The maximum absolute atomic E-state index is 13.1. The molecule has 3 N–H and O–H groups in total. The van der Waals surface area contributed by atoms with Gasteiger partial charge in [-0.15, -0.1) is 0 Å². The Balaban J connectivity index is 2.89. The fraction of sp³-hybridized carbons (Fsp3) is 0.417. The number of rotatable bonds is 4. The van der Waals surface area contributed by atoms with Gasteiger partial charge in [-0.2, -0.15) is 0 Å². The van der Waals surface area contributed by atoms with E-state index >= 15 is 0 Å². The molecule has 0 saturated carbocycles. The molecule has 0 aliphatic carbocycles. The standard InChI is InChI=1S/C12H17FN2O2S/c1-7(2)15-12(16)8(3)18(17)11-5-9(13)4-10(14)6-11/h4-8H,14H2,1-3H3,(H,15,16). The van der Waals surface area contributed by atoms with Gasteiger partial charge in [-0.25, -0.2) is 4.39 Å². The van der Waals surface area contributed by atoms with Crippen LogP contribution in [0.4, 0.5) is 10.1 Å². The maximum Gasteiger partial charge on any atom is 0.236 e. The highest BCUT2D eigenvalue weighted by atomic mass is 32.2. The maximum atomic E-state index is 13.1. The second-order valence-corrected chi connectivity index (χ2v) is 6.10. The fourth-order valence-corrected chi connectivity index (χ4v) is 2.56. The van der Waals surface area contributed by atoms with E-state index < -0.39 is 21.9 Å². The average Bonchev–Trinajstić information content (AvgIpc) is 2.24. The first-order valence-electron chi connectivity index (χ1n) is 5.58. The highest BCUT2D eigenvalue weighted by molar-refractivity contribution is 7.86. The Morgan fingerprint density at radius 3 is 2.44 bits per heavy atom. The predicted molar refractivity (Wildman–Crippen MR) is 70.0 cm³/mol. The number of carbonyl (C=O) groups is 1. The molecule has 1 aromatic carbocycles. The lowest BCUT2D eigenvalue weighted by atomic mass is 10.3. The zero-order chi connectivity index (χ0) is 13.9. The molecule has 100 valence electrons. The van der Waals surface area contributed by atoms with Crippen molar-refractivity contribution in [3.8, 4) is 0 Å². The first-order valence-corrected chi connectivity index (χ1v) is 6.79. The molecule has 1 rings (SSSR count). The van der Waals surface area contributed by atoms with Crippen molar-refractivity contribution < 1.29 is 13.4 Å². The summed E-state index contributed by atoms with van der Waals surface area (Å²) in [5, 5.41) is 1.91. The van der Waals surface area contributed by atoms with Gasteiger partial charge in [-0.05, 0) is 39.0 Å². The van der Waals surface area contributed by atoms with Crippen LogP contribution in [-0.4, -0.2) is 21.4 Å². The highest BCUT2D eigenvalue weighted by Gasteiger charge is 2.22. The number of nitrogens with one attached hydrogen (secondary N) is 1. The van der Waals surface area contributed by atoms with E-state index in [-0.39, 0.29) is 22.5 Å².